The number of carboxylic acid groups (broad SMARTS) is 1. The fourth-order valence-corrected chi connectivity index (χ4v) is 7.14. The number of ether oxygens (including phenoxy) is 2. The molecule has 19 heteroatoms. The van der Waals surface area contributed by atoms with E-state index in [0.717, 1.165) is 31.4 Å². The number of rotatable bonds is 17. The minimum atomic E-state index is -4.80. The number of carbonyl (C=O) groups is 2. The molecule has 0 radical (unpaired) electrons. The average Bonchev–Trinajstić information content (AvgIpc) is 3.69. The smallest absolute Gasteiger partial charge is 0.459 e. The maximum atomic E-state index is 14.5. The number of unbranched alkanes of at least 4 members (excludes halogenated alkanes) is 3. The molecule has 3 heterocycles. The number of nitrogens with two attached hydrogens (primary N) is 1. The monoisotopic (exact) mass is 759 g/mol. The summed E-state index contributed by atoms with van der Waals surface area (Å²) in [6, 6.07) is 8.27. The normalized spacial score (nSPS) is 20.0. The summed E-state index contributed by atoms with van der Waals surface area (Å²) in [5.41, 5.74) is 3.72. The number of alkyl carbamates (subject to hydrolysis) is 1. The van der Waals surface area contributed by atoms with E-state index in [0.29, 0.717) is 19.0 Å². The number of hydrogen-bond acceptors (Lipinski definition) is 11. The largest absolute Gasteiger partial charge is 0.480 e. The van der Waals surface area contributed by atoms with Gasteiger partial charge in [0.1, 0.15) is 36.3 Å². The number of carboxylic acids is 1. The van der Waals surface area contributed by atoms with Gasteiger partial charge < -0.3 is 30.2 Å². The fraction of sp³-hybridized carbons (Fsp3) is 0.382. The third kappa shape index (κ3) is 9.82. The van der Waals surface area contributed by atoms with Crippen LogP contribution in [-0.4, -0.2) is 67.6 Å². The molecule has 2 aromatic heterocycles. The van der Waals surface area contributed by atoms with E-state index in [4.69, 9.17) is 30.7 Å². The van der Waals surface area contributed by atoms with Gasteiger partial charge in [0.05, 0.1) is 6.33 Å². The van der Waals surface area contributed by atoms with E-state index in [2.05, 4.69) is 31.3 Å². The standard InChI is InChI=1S/C34H37F3N7O8P/c1-3-5-6-10-13-39-33(47)50-26-18-27(44-20-40-28-29(38)41-32(37)42-30(28)44)51-34(26,4-2)19-49-53(48,52-24-11-8-7-9-12-24)43-25(31(45)46)16-21-14-22(35)17-23(36)15-21/h2,7-9,11-12,14-15,17,20,25-27H,3,5-6,10,13,16,18-19H2,1H3,(H,39,47)(H,43,48)(H,45,46)(H2,38,41,42)/t25?,26-,27+,34+,53-/m0/s1. The lowest BCUT2D eigenvalue weighted by Gasteiger charge is -2.31. The molecule has 1 aliphatic heterocycles. The molecule has 1 saturated heterocycles. The lowest BCUT2D eigenvalue weighted by Crippen LogP contribution is -2.47. The molecule has 1 fully saturated rings. The molecule has 0 bridgehead atoms. The highest BCUT2D eigenvalue weighted by atomic mass is 31.2. The number of anilines is 1. The Morgan fingerprint density at radius 3 is 2.58 bits per heavy atom. The molecule has 1 unspecified atom stereocenters. The Morgan fingerprint density at radius 2 is 1.91 bits per heavy atom. The van der Waals surface area contributed by atoms with Gasteiger partial charge in [-0.1, -0.05) is 50.3 Å². The Labute approximate surface area is 302 Å². The van der Waals surface area contributed by atoms with Gasteiger partial charge in [0.15, 0.2) is 28.7 Å². The topological polar surface area (TPSA) is 202 Å². The quantitative estimate of drug-likeness (QED) is 0.0469. The summed E-state index contributed by atoms with van der Waals surface area (Å²) >= 11 is 0. The highest BCUT2D eigenvalue weighted by molar-refractivity contribution is 7.52. The predicted molar refractivity (Wildman–Crippen MR) is 184 cm³/mol. The van der Waals surface area contributed by atoms with Crippen molar-refractivity contribution in [1.29, 1.82) is 0 Å². The van der Waals surface area contributed by atoms with Crippen LogP contribution in [0.5, 0.6) is 5.75 Å². The zero-order chi connectivity index (χ0) is 38.2. The summed E-state index contributed by atoms with van der Waals surface area (Å²) in [7, 11) is -4.80. The highest BCUT2D eigenvalue weighted by Gasteiger charge is 2.53. The molecule has 2 aromatic carbocycles. The van der Waals surface area contributed by atoms with Crippen LogP contribution >= 0.6 is 7.75 Å². The maximum absolute atomic E-state index is 14.5. The number of amides is 1. The molecule has 0 saturated carbocycles. The number of aromatic nitrogens is 4. The van der Waals surface area contributed by atoms with E-state index in [1.165, 1.54) is 23.0 Å². The molecule has 1 aliphatic rings. The first kappa shape index (κ1) is 39.0. The molecule has 0 spiro atoms. The number of hydrogen-bond donors (Lipinski definition) is 4. The fourth-order valence-electron chi connectivity index (χ4n) is 5.62. The van der Waals surface area contributed by atoms with Crippen LogP contribution in [0.1, 0.15) is 50.8 Å². The summed E-state index contributed by atoms with van der Waals surface area (Å²) in [4.78, 5) is 36.8. The molecule has 53 heavy (non-hydrogen) atoms. The summed E-state index contributed by atoms with van der Waals surface area (Å²) in [5, 5.41) is 15.0. The Kier molecular flexibility index (Phi) is 12.6. The SMILES string of the molecule is C#C[C@]1(CO[P@@](=O)(NC(Cc2cc(F)cc(F)c2)C(=O)O)Oc2ccccc2)O[C@@H](n2cnc3c(N)nc(F)nc32)C[C@@H]1OC(=O)NCCCCCC. The van der Waals surface area contributed by atoms with E-state index in [-0.39, 0.29) is 34.7 Å². The van der Waals surface area contributed by atoms with Crippen molar-refractivity contribution in [3.8, 4) is 18.1 Å². The van der Waals surface area contributed by atoms with Crippen LogP contribution < -0.4 is 20.7 Å². The van der Waals surface area contributed by atoms with Crippen LogP contribution in [0.15, 0.2) is 54.9 Å². The van der Waals surface area contributed by atoms with Gasteiger partial charge in [-0.15, -0.1) is 6.42 Å². The van der Waals surface area contributed by atoms with E-state index in [1.54, 1.807) is 18.2 Å². The predicted octanol–water partition coefficient (Wildman–Crippen LogP) is 5.28. The van der Waals surface area contributed by atoms with Crippen molar-refractivity contribution in [3.05, 3.63) is 78.1 Å². The van der Waals surface area contributed by atoms with Crippen LogP contribution in [0.25, 0.3) is 11.2 Å². The number of aliphatic carboxylic acids is 1. The van der Waals surface area contributed by atoms with Crippen molar-refractivity contribution < 1.29 is 51.0 Å². The van der Waals surface area contributed by atoms with Crippen molar-refractivity contribution in [2.24, 2.45) is 0 Å². The van der Waals surface area contributed by atoms with Crippen LogP contribution in [-0.2, 0) is 29.8 Å². The van der Waals surface area contributed by atoms with Crippen molar-refractivity contribution in [2.75, 3.05) is 18.9 Å². The number of halogens is 3. The van der Waals surface area contributed by atoms with Gasteiger partial charge in [0, 0.05) is 19.0 Å². The zero-order valence-electron chi connectivity index (χ0n) is 28.4. The molecule has 0 aliphatic carbocycles. The third-order valence-electron chi connectivity index (χ3n) is 8.20. The first-order valence-electron chi connectivity index (χ1n) is 16.5. The van der Waals surface area contributed by atoms with Crippen LogP contribution in [0.2, 0.25) is 0 Å². The summed E-state index contributed by atoms with van der Waals surface area (Å²) in [5.74, 6) is -1.30. The number of benzene rings is 2. The molecule has 5 atom stereocenters. The van der Waals surface area contributed by atoms with E-state index in [1.807, 2.05) is 6.92 Å². The maximum Gasteiger partial charge on any atom is 0.459 e. The van der Waals surface area contributed by atoms with Gasteiger partial charge in [0.25, 0.3) is 0 Å². The number of nitrogens with one attached hydrogen (secondary N) is 2. The molecule has 4 aromatic rings. The molecule has 282 valence electrons. The number of fused-ring (bicyclic) bond motifs is 1. The number of carbonyl (C=O) groups excluding carboxylic acids is 1. The van der Waals surface area contributed by atoms with Crippen LogP contribution in [0.3, 0.4) is 0 Å². The second kappa shape index (κ2) is 17.1. The van der Waals surface area contributed by atoms with E-state index < -0.39 is 74.5 Å². The van der Waals surface area contributed by atoms with Crippen molar-refractivity contribution >= 4 is 36.8 Å². The molecular weight excluding hydrogens is 722 g/mol. The Balaban J connectivity index is 1.45. The molecule has 5 N–H and O–H groups in total. The number of para-hydroxylation sites is 1. The van der Waals surface area contributed by atoms with E-state index >= 15 is 0 Å². The minimum Gasteiger partial charge on any atom is -0.480 e. The third-order valence-corrected chi connectivity index (χ3v) is 9.75. The van der Waals surface area contributed by atoms with Gasteiger partial charge in [0.2, 0.25) is 0 Å². The van der Waals surface area contributed by atoms with E-state index in [9.17, 15) is 32.4 Å². The zero-order valence-corrected chi connectivity index (χ0v) is 29.3. The Hall–Kier alpha value is -5.21. The lowest BCUT2D eigenvalue weighted by molar-refractivity contribution is -0.139. The number of nitrogen functional groups attached to an aromatic ring is 1. The lowest BCUT2D eigenvalue weighted by atomic mass is 9.98. The molecule has 15 nitrogen and oxygen atoms in total. The average molecular weight is 760 g/mol. The second-order valence-electron chi connectivity index (χ2n) is 12.1. The van der Waals surface area contributed by atoms with Gasteiger partial charge in [-0.3, -0.25) is 13.9 Å². The molecule has 1 amide bonds. The summed E-state index contributed by atoms with van der Waals surface area (Å²) < 4.78 is 81.4. The summed E-state index contributed by atoms with van der Waals surface area (Å²) in [6.07, 6.45) is 5.62. The van der Waals surface area contributed by atoms with Crippen LogP contribution in [0.4, 0.5) is 23.8 Å². The van der Waals surface area contributed by atoms with Gasteiger partial charge >= 0.3 is 25.9 Å². The molecule has 5 rings (SSSR count). The van der Waals surface area contributed by atoms with Crippen molar-refractivity contribution in [3.63, 3.8) is 0 Å². The second-order valence-corrected chi connectivity index (χ2v) is 13.8. The number of imidazole rings is 1. The Morgan fingerprint density at radius 1 is 1.17 bits per heavy atom. The van der Waals surface area contributed by atoms with Gasteiger partial charge in [-0.25, -0.2) is 23.1 Å². The Bertz CT molecular complexity index is 2000. The van der Waals surface area contributed by atoms with Crippen molar-refractivity contribution in [1.82, 2.24) is 29.9 Å². The van der Waals surface area contributed by atoms with Gasteiger partial charge in [-0.05, 0) is 42.7 Å². The van der Waals surface area contributed by atoms with Gasteiger partial charge in [-0.2, -0.15) is 19.4 Å². The first-order chi connectivity index (χ1) is 25.3. The molecular formula is C34H37F3N7O8P. The minimum absolute atomic E-state index is 0.0105. The highest BCUT2D eigenvalue weighted by Crippen LogP contribution is 2.48. The number of terminal acetylenes is 1. The summed E-state index contributed by atoms with van der Waals surface area (Å²) in [6.45, 7) is 1.52. The first-order valence-corrected chi connectivity index (χ1v) is 18.1. The van der Waals surface area contributed by atoms with Crippen LogP contribution in [0, 0.1) is 30.1 Å². The van der Waals surface area contributed by atoms with Crippen molar-refractivity contribution in [2.45, 2.75) is 69.4 Å². The number of nitrogens with zero attached hydrogens (tertiary/aromatic N) is 4.